The van der Waals surface area contributed by atoms with Gasteiger partial charge in [-0.05, 0) is 32.9 Å². The number of urea groups is 1. The standard InChI is InChI=1S/C17H20N4O3S/c1-10(2)21-16(23)15(22)20(17(21)24)9-19(4)11(3)14-18-12-7-5-6-8-13(12)25-14/h5-8,10-11H,9H2,1-4H3/p+1/t11-/m1/s1. The Morgan fingerprint density at radius 1 is 1.12 bits per heavy atom. The second-order valence-electron chi connectivity index (χ2n) is 6.53. The molecule has 1 saturated heterocycles. The second kappa shape index (κ2) is 6.53. The zero-order valence-corrected chi connectivity index (χ0v) is 15.5. The molecule has 1 unspecified atom stereocenters. The summed E-state index contributed by atoms with van der Waals surface area (Å²) in [6.45, 7) is 5.56. The highest BCUT2D eigenvalue weighted by Crippen LogP contribution is 2.25. The lowest BCUT2D eigenvalue weighted by molar-refractivity contribution is -0.917. The van der Waals surface area contributed by atoms with Gasteiger partial charge in [-0.3, -0.25) is 14.5 Å². The predicted octanol–water partition coefficient (Wildman–Crippen LogP) is 1.03. The lowest BCUT2D eigenvalue weighted by Gasteiger charge is -2.24. The highest BCUT2D eigenvalue weighted by atomic mass is 32.1. The summed E-state index contributed by atoms with van der Waals surface area (Å²) in [5.41, 5.74) is 0.941. The summed E-state index contributed by atoms with van der Waals surface area (Å²) in [4.78, 5) is 44.1. The molecule has 0 radical (unpaired) electrons. The van der Waals surface area contributed by atoms with Crippen LogP contribution in [0.1, 0.15) is 31.8 Å². The number of fused-ring (bicyclic) bond motifs is 1. The number of aromatic nitrogens is 1. The van der Waals surface area contributed by atoms with Gasteiger partial charge in [-0.15, -0.1) is 11.3 Å². The molecule has 3 rings (SSSR count). The molecule has 8 heteroatoms. The molecule has 1 aliphatic rings. The molecule has 2 atom stereocenters. The fourth-order valence-electron chi connectivity index (χ4n) is 2.79. The number of hydrogen-bond acceptors (Lipinski definition) is 5. The van der Waals surface area contributed by atoms with Crippen molar-refractivity contribution in [3.8, 4) is 0 Å². The first-order chi connectivity index (χ1) is 11.8. The first-order valence-corrected chi connectivity index (χ1v) is 8.99. The van der Waals surface area contributed by atoms with E-state index in [0.717, 1.165) is 29.9 Å². The van der Waals surface area contributed by atoms with Gasteiger partial charge in [-0.1, -0.05) is 12.1 Å². The highest BCUT2D eigenvalue weighted by Gasteiger charge is 2.47. The number of carbonyl (C=O) groups is 3. The molecule has 0 aliphatic carbocycles. The number of hydrogen-bond donors (Lipinski definition) is 1. The quantitative estimate of drug-likeness (QED) is 0.638. The van der Waals surface area contributed by atoms with Gasteiger partial charge >= 0.3 is 17.8 Å². The smallest absolute Gasteiger partial charge is 0.312 e. The Hall–Kier alpha value is -2.32. The number of nitrogens with one attached hydrogen (secondary N) is 1. The fourth-order valence-corrected chi connectivity index (χ4v) is 3.90. The average molecular weight is 361 g/mol. The van der Waals surface area contributed by atoms with Crippen molar-refractivity contribution in [2.75, 3.05) is 13.7 Å². The van der Waals surface area contributed by atoms with Crippen molar-refractivity contribution < 1.29 is 19.3 Å². The molecule has 0 spiro atoms. The maximum atomic E-state index is 12.4. The number of imide groups is 2. The molecule has 2 heterocycles. The van der Waals surface area contributed by atoms with Crippen LogP contribution in [0.4, 0.5) is 4.79 Å². The predicted molar refractivity (Wildman–Crippen MR) is 94.0 cm³/mol. The van der Waals surface area contributed by atoms with Crippen LogP contribution in [0.25, 0.3) is 10.2 Å². The minimum Gasteiger partial charge on any atom is -0.312 e. The number of carbonyl (C=O) groups excluding carboxylic acids is 3. The number of benzene rings is 1. The monoisotopic (exact) mass is 361 g/mol. The van der Waals surface area contributed by atoms with E-state index in [2.05, 4.69) is 4.98 Å². The Kier molecular flexibility index (Phi) is 4.57. The van der Waals surface area contributed by atoms with Gasteiger partial charge in [-0.25, -0.2) is 14.7 Å². The van der Waals surface area contributed by atoms with Crippen molar-refractivity contribution in [1.29, 1.82) is 0 Å². The molecular weight excluding hydrogens is 340 g/mol. The number of para-hydroxylation sites is 1. The molecule has 1 N–H and O–H groups in total. The molecule has 0 bridgehead atoms. The van der Waals surface area contributed by atoms with E-state index in [4.69, 9.17) is 0 Å². The molecule has 132 valence electrons. The number of quaternary nitrogens is 1. The molecule has 2 aromatic rings. The molecule has 1 aromatic carbocycles. The van der Waals surface area contributed by atoms with Crippen LogP contribution in [0.5, 0.6) is 0 Å². The lowest BCUT2D eigenvalue weighted by Crippen LogP contribution is -3.10. The third-order valence-electron chi connectivity index (χ3n) is 4.43. The van der Waals surface area contributed by atoms with E-state index < -0.39 is 17.8 Å². The highest BCUT2D eigenvalue weighted by molar-refractivity contribution is 7.18. The first-order valence-electron chi connectivity index (χ1n) is 8.18. The zero-order valence-electron chi connectivity index (χ0n) is 14.6. The summed E-state index contributed by atoms with van der Waals surface area (Å²) in [6.07, 6.45) is 0. The van der Waals surface area contributed by atoms with Crippen LogP contribution in [0, 0.1) is 0 Å². The normalized spacial score (nSPS) is 17.9. The van der Waals surface area contributed by atoms with Crippen LogP contribution in [0.2, 0.25) is 0 Å². The summed E-state index contributed by atoms with van der Waals surface area (Å²) >= 11 is 1.60. The lowest BCUT2D eigenvalue weighted by atomic mass is 10.3. The maximum Gasteiger partial charge on any atom is 0.338 e. The van der Waals surface area contributed by atoms with E-state index in [9.17, 15) is 14.4 Å². The SMILES string of the molecule is CC(C)N1C(=O)C(=O)N(C[NH+](C)[C@H](C)c2nc3ccccc3s2)C1=O. The van der Waals surface area contributed by atoms with Crippen LogP contribution in [0.15, 0.2) is 24.3 Å². The minimum atomic E-state index is -0.755. The van der Waals surface area contributed by atoms with Crippen molar-refractivity contribution in [2.45, 2.75) is 32.9 Å². The topological polar surface area (TPSA) is 75.0 Å². The van der Waals surface area contributed by atoms with Gasteiger partial charge in [0, 0.05) is 6.04 Å². The Labute approximate surface area is 149 Å². The van der Waals surface area contributed by atoms with Crippen molar-refractivity contribution in [3.05, 3.63) is 29.3 Å². The first kappa shape index (κ1) is 17.5. The summed E-state index contributed by atoms with van der Waals surface area (Å²) in [6, 6.07) is 7.01. The minimum absolute atomic E-state index is 0.0128. The van der Waals surface area contributed by atoms with Gasteiger partial charge < -0.3 is 4.90 Å². The van der Waals surface area contributed by atoms with Crippen molar-refractivity contribution >= 4 is 39.4 Å². The number of amides is 4. The molecule has 0 saturated carbocycles. The zero-order chi connectivity index (χ0) is 18.3. The molecular formula is C17H21N4O3S+. The second-order valence-corrected chi connectivity index (χ2v) is 7.59. The fraction of sp³-hybridized carbons (Fsp3) is 0.412. The van der Waals surface area contributed by atoms with E-state index in [0.29, 0.717) is 0 Å². The number of rotatable bonds is 5. The van der Waals surface area contributed by atoms with Gasteiger partial charge in [0.1, 0.15) is 6.04 Å². The molecule has 1 aromatic heterocycles. The number of nitrogens with zero attached hydrogens (tertiary/aromatic N) is 3. The van der Waals surface area contributed by atoms with Crippen molar-refractivity contribution in [2.24, 2.45) is 0 Å². The summed E-state index contributed by atoms with van der Waals surface area (Å²) < 4.78 is 1.10. The Bertz CT molecular complexity index is 814. The van der Waals surface area contributed by atoms with Gasteiger partial charge in [0.2, 0.25) is 0 Å². The van der Waals surface area contributed by atoms with E-state index in [1.54, 1.807) is 25.2 Å². The van der Waals surface area contributed by atoms with E-state index >= 15 is 0 Å². The summed E-state index contributed by atoms with van der Waals surface area (Å²) in [5.74, 6) is -1.50. The third-order valence-corrected chi connectivity index (χ3v) is 5.65. The van der Waals surface area contributed by atoms with Crippen LogP contribution >= 0.6 is 11.3 Å². The van der Waals surface area contributed by atoms with Gasteiger partial charge in [0.15, 0.2) is 11.7 Å². The van der Waals surface area contributed by atoms with Crippen molar-refractivity contribution in [3.63, 3.8) is 0 Å². The average Bonchev–Trinajstić information content (AvgIpc) is 3.09. The van der Waals surface area contributed by atoms with Crippen LogP contribution in [-0.4, -0.2) is 52.4 Å². The molecule has 25 heavy (non-hydrogen) atoms. The molecule has 1 aliphatic heterocycles. The van der Waals surface area contributed by atoms with Gasteiger partial charge in [0.05, 0.1) is 17.3 Å². The van der Waals surface area contributed by atoms with E-state index in [1.165, 1.54) is 0 Å². The van der Waals surface area contributed by atoms with Crippen LogP contribution in [-0.2, 0) is 9.59 Å². The summed E-state index contributed by atoms with van der Waals surface area (Å²) in [5, 5.41) is 0.935. The number of thiazole rings is 1. The maximum absolute atomic E-state index is 12.4. The van der Waals surface area contributed by atoms with E-state index in [-0.39, 0.29) is 18.8 Å². The third kappa shape index (κ3) is 3.03. The van der Waals surface area contributed by atoms with E-state index in [1.807, 2.05) is 38.2 Å². The van der Waals surface area contributed by atoms with Crippen molar-refractivity contribution in [1.82, 2.24) is 14.8 Å². The molecule has 1 fully saturated rings. The van der Waals surface area contributed by atoms with Gasteiger partial charge in [-0.2, -0.15) is 0 Å². The Morgan fingerprint density at radius 2 is 1.80 bits per heavy atom. The van der Waals surface area contributed by atoms with Crippen LogP contribution < -0.4 is 4.90 Å². The molecule has 7 nitrogen and oxygen atoms in total. The van der Waals surface area contributed by atoms with Crippen LogP contribution in [0.3, 0.4) is 0 Å². The van der Waals surface area contributed by atoms with Gasteiger partial charge in [0.25, 0.3) is 0 Å². The Balaban J connectivity index is 1.77. The largest absolute Gasteiger partial charge is 0.338 e. The summed E-state index contributed by atoms with van der Waals surface area (Å²) in [7, 11) is 1.89. The molecule has 4 amide bonds. The Morgan fingerprint density at radius 3 is 2.40 bits per heavy atom.